The fourth-order valence-electron chi connectivity index (χ4n) is 1.64. The van der Waals surface area contributed by atoms with Gasteiger partial charge in [0, 0.05) is 12.2 Å². The summed E-state index contributed by atoms with van der Waals surface area (Å²) in [6.07, 6.45) is 3.01. The number of anilines is 1. The van der Waals surface area contributed by atoms with Crippen molar-refractivity contribution in [3.63, 3.8) is 0 Å². The summed E-state index contributed by atoms with van der Waals surface area (Å²) >= 11 is 0. The third kappa shape index (κ3) is 2.45. The average molecular weight is 235 g/mol. The van der Waals surface area contributed by atoms with Gasteiger partial charge in [0.05, 0.1) is 11.9 Å². The predicted octanol–water partition coefficient (Wildman–Crippen LogP) is 1.52. The molecule has 0 aliphatic heterocycles. The highest BCUT2D eigenvalue weighted by molar-refractivity contribution is 5.46. The number of aliphatic hydroxyl groups is 1. The first-order valence-corrected chi connectivity index (χ1v) is 5.41. The van der Waals surface area contributed by atoms with E-state index in [1.807, 2.05) is 0 Å². The maximum absolute atomic E-state index is 12.8. The maximum atomic E-state index is 12.8. The molecule has 90 valence electrons. The topological polar surface area (TPSA) is 64.1 Å². The number of aryl methyl sites for hydroxylation is 1. The zero-order chi connectivity index (χ0) is 12.3. The van der Waals surface area contributed by atoms with E-state index in [9.17, 15) is 4.39 Å². The Bertz CT molecular complexity index is 493. The van der Waals surface area contributed by atoms with Crippen LogP contribution < -0.4 is 5.73 Å². The molecular weight excluding hydrogens is 221 g/mol. The number of nitrogens with two attached hydrogens (primary N) is 1. The molecule has 0 bridgehead atoms. The summed E-state index contributed by atoms with van der Waals surface area (Å²) in [5.41, 5.74) is 7.55. The van der Waals surface area contributed by atoms with Gasteiger partial charge in [-0.05, 0) is 37.1 Å². The summed E-state index contributed by atoms with van der Waals surface area (Å²) < 4.78 is 14.3. The fourth-order valence-corrected chi connectivity index (χ4v) is 1.64. The molecule has 3 N–H and O–H groups in total. The predicted molar refractivity (Wildman–Crippen MR) is 63.3 cm³/mol. The molecule has 0 aliphatic rings. The number of aromatic nitrogens is 2. The lowest BCUT2D eigenvalue weighted by Gasteiger charge is -2.04. The first kappa shape index (κ1) is 11.6. The van der Waals surface area contributed by atoms with E-state index in [0.717, 1.165) is 11.3 Å². The van der Waals surface area contributed by atoms with Crippen molar-refractivity contribution in [1.82, 2.24) is 9.78 Å². The monoisotopic (exact) mass is 235 g/mol. The van der Waals surface area contributed by atoms with Crippen LogP contribution in [0, 0.1) is 5.82 Å². The smallest absolute Gasteiger partial charge is 0.130 e. The van der Waals surface area contributed by atoms with Crippen LogP contribution in [0.2, 0.25) is 0 Å². The Hall–Kier alpha value is -1.88. The van der Waals surface area contributed by atoms with E-state index >= 15 is 0 Å². The first-order valence-electron chi connectivity index (χ1n) is 5.41. The summed E-state index contributed by atoms with van der Waals surface area (Å²) in [6.45, 7) is 0.126. The number of nitrogens with zero attached hydrogens (tertiary/aromatic N) is 2. The van der Waals surface area contributed by atoms with Crippen LogP contribution in [0.15, 0.2) is 30.5 Å². The quantitative estimate of drug-likeness (QED) is 0.844. The first-order chi connectivity index (χ1) is 8.22. The van der Waals surface area contributed by atoms with Crippen LogP contribution in [-0.4, -0.2) is 21.5 Å². The molecule has 1 heterocycles. The van der Waals surface area contributed by atoms with Gasteiger partial charge in [-0.15, -0.1) is 0 Å². The normalized spacial score (nSPS) is 10.7. The molecule has 0 fully saturated rings. The number of nitrogen functional groups attached to an aromatic ring is 1. The Balaban J connectivity index is 2.27. The Kier molecular flexibility index (Phi) is 3.39. The van der Waals surface area contributed by atoms with Gasteiger partial charge in [0.1, 0.15) is 11.6 Å². The van der Waals surface area contributed by atoms with Crippen molar-refractivity contribution in [2.24, 2.45) is 0 Å². The van der Waals surface area contributed by atoms with E-state index in [2.05, 4.69) is 5.10 Å². The minimum Gasteiger partial charge on any atom is -0.396 e. The molecule has 0 saturated carbocycles. The van der Waals surface area contributed by atoms with E-state index in [0.29, 0.717) is 18.7 Å². The molecule has 0 saturated heterocycles. The lowest BCUT2D eigenvalue weighted by molar-refractivity contribution is 0.288. The second-order valence-corrected chi connectivity index (χ2v) is 3.77. The summed E-state index contributed by atoms with van der Waals surface area (Å²) in [6, 6.07) is 5.97. The van der Waals surface area contributed by atoms with Crippen LogP contribution in [0.25, 0.3) is 5.69 Å². The van der Waals surface area contributed by atoms with Crippen molar-refractivity contribution in [2.75, 3.05) is 12.3 Å². The van der Waals surface area contributed by atoms with Gasteiger partial charge in [0.25, 0.3) is 0 Å². The van der Waals surface area contributed by atoms with E-state index in [1.54, 1.807) is 23.0 Å². The highest BCUT2D eigenvalue weighted by Crippen LogP contribution is 2.18. The van der Waals surface area contributed by atoms with Crippen LogP contribution in [0.5, 0.6) is 0 Å². The van der Waals surface area contributed by atoms with Crippen LogP contribution in [0.3, 0.4) is 0 Å². The molecular formula is C12H14FN3O. The fraction of sp³-hybridized carbons (Fsp3) is 0.250. The second-order valence-electron chi connectivity index (χ2n) is 3.77. The standard InChI is InChI=1S/C12H14FN3O/c13-10-3-5-11(6-4-10)16-12(14)9(8-15-16)2-1-7-17/h3-6,8,17H,1-2,7,14H2. The number of aliphatic hydroxyl groups excluding tert-OH is 1. The molecule has 2 aromatic rings. The Morgan fingerprint density at radius 2 is 2.00 bits per heavy atom. The van der Waals surface area contributed by atoms with Crippen LogP contribution in [0.1, 0.15) is 12.0 Å². The zero-order valence-corrected chi connectivity index (χ0v) is 9.31. The van der Waals surface area contributed by atoms with Gasteiger partial charge in [0.15, 0.2) is 0 Å². The molecule has 0 amide bonds. The van der Waals surface area contributed by atoms with Crippen molar-refractivity contribution in [3.05, 3.63) is 41.8 Å². The van der Waals surface area contributed by atoms with Crippen molar-refractivity contribution < 1.29 is 9.50 Å². The Labute approximate surface area is 98.5 Å². The SMILES string of the molecule is Nc1c(CCCO)cnn1-c1ccc(F)cc1. The molecule has 0 atom stereocenters. The number of hydrogen-bond acceptors (Lipinski definition) is 3. The third-order valence-electron chi connectivity index (χ3n) is 2.56. The molecule has 0 unspecified atom stereocenters. The van der Waals surface area contributed by atoms with Crippen LogP contribution in [-0.2, 0) is 6.42 Å². The summed E-state index contributed by atoms with van der Waals surface area (Å²) in [5, 5.41) is 12.9. The average Bonchev–Trinajstić information content (AvgIpc) is 2.69. The minimum absolute atomic E-state index is 0.126. The van der Waals surface area contributed by atoms with Crippen molar-refractivity contribution >= 4 is 5.82 Å². The van der Waals surface area contributed by atoms with Gasteiger partial charge in [-0.25, -0.2) is 9.07 Å². The number of rotatable bonds is 4. The lowest BCUT2D eigenvalue weighted by Crippen LogP contribution is -2.03. The highest BCUT2D eigenvalue weighted by Gasteiger charge is 2.08. The summed E-state index contributed by atoms with van der Waals surface area (Å²) in [4.78, 5) is 0. The van der Waals surface area contributed by atoms with Gasteiger partial charge < -0.3 is 10.8 Å². The molecule has 0 radical (unpaired) electrons. The van der Waals surface area contributed by atoms with Crippen molar-refractivity contribution in [1.29, 1.82) is 0 Å². The zero-order valence-electron chi connectivity index (χ0n) is 9.31. The molecule has 4 nitrogen and oxygen atoms in total. The number of benzene rings is 1. The number of halogens is 1. The van der Waals surface area contributed by atoms with E-state index in [-0.39, 0.29) is 12.4 Å². The van der Waals surface area contributed by atoms with Gasteiger partial charge in [-0.3, -0.25) is 0 Å². The Morgan fingerprint density at radius 1 is 1.29 bits per heavy atom. The highest BCUT2D eigenvalue weighted by atomic mass is 19.1. The van der Waals surface area contributed by atoms with Crippen molar-refractivity contribution in [2.45, 2.75) is 12.8 Å². The molecule has 5 heteroatoms. The maximum Gasteiger partial charge on any atom is 0.130 e. The van der Waals surface area contributed by atoms with E-state index in [1.165, 1.54) is 12.1 Å². The molecule has 0 aliphatic carbocycles. The third-order valence-corrected chi connectivity index (χ3v) is 2.56. The van der Waals surface area contributed by atoms with E-state index < -0.39 is 0 Å². The lowest BCUT2D eigenvalue weighted by atomic mass is 10.2. The van der Waals surface area contributed by atoms with E-state index in [4.69, 9.17) is 10.8 Å². The van der Waals surface area contributed by atoms with Gasteiger partial charge >= 0.3 is 0 Å². The molecule has 1 aromatic heterocycles. The van der Waals surface area contributed by atoms with Gasteiger partial charge in [-0.2, -0.15) is 5.10 Å². The minimum atomic E-state index is -0.292. The molecule has 1 aromatic carbocycles. The molecule has 17 heavy (non-hydrogen) atoms. The van der Waals surface area contributed by atoms with Gasteiger partial charge in [0.2, 0.25) is 0 Å². The van der Waals surface area contributed by atoms with Crippen LogP contribution >= 0.6 is 0 Å². The summed E-state index contributed by atoms with van der Waals surface area (Å²) in [7, 11) is 0. The van der Waals surface area contributed by atoms with Gasteiger partial charge in [-0.1, -0.05) is 0 Å². The number of hydrogen-bond donors (Lipinski definition) is 2. The summed E-state index contributed by atoms with van der Waals surface area (Å²) in [5.74, 6) is 0.241. The molecule has 0 spiro atoms. The molecule has 2 rings (SSSR count). The largest absolute Gasteiger partial charge is 0.396 e. The van der Waals surface area contributed by atoms with Crippen LogP contribution in [0.4, 0.5) is 10.2 Å². The second kappa shape index (κ2) is 4.97. The Morgan fingerprint density at radius 3 is 2.65 bits per heavy atom. The van der Waals surface area contributed by atoms with Crippen molar-refractivity contribution in [3.8, 4) is 5.69 Å².